The molecule has 1 heterocycles. The lowest BCUT2D eigenvalue weighted by atomic mass is 10.2. The number of hydrogen-bond acceptors (Lipinski definition) is 7. The first-order valence-electron chi connectivity index (χ1n) is 8.02. The molecule has 0 spiro atoms. The van der Waals surface area contributed by atoms with Crippen molar-refractivity contribution in [2.24, 2.45) is 0 Å². The first kappa shape index (κ1) is 20.2. The Labute approximate surface area is 170 Å². The second kappa shape index (κ2) is 9.11. The van der Waals surface area contributed by atoms with Crippen LogP contribution in [0.3, 0.4) is 0 Å². The van der Waals surface area contributed by atoms with Gasteiger partial charge in [-0.1, -0.05) is 53.3 Å². The minimum absolute atomic E-state index is 0.0127. The number of carbonyl (C=O) groups excluding carboxylic acids is 1. The molecule has 1 amide bonds. The predicted octanol–water partition coefficient (Wildman–Crippen LogP) is 2.80. The fraction of sp³-hybridized carbons (Fsp3) is 0.118. The van der Waals surface area contributed by atoms with Crippen LogP contribution in [0, 0.1) is 0 Å². The van der Waals surface area contributed by atoms with Crippen molar-refractivity contribution in [3.63, 3.8) is 0 Å². The molecule has 0 bridgehead atoms. The summed E-state index contributed by atoms with van der Waals surface area (Å²) in [6.07, 6.45) is 0. The van der Waals surface area contributed by atoms with Crippen molar-refractivity contribution >= 4 is 44.0 Å². The van der Waals surface area contributed by atoms with Gasteiger partial charge in [-0.15, -0.1) is 10.2 Å². The second-order valence-electron chi connectivity index (χ2n) is 5.37. The van der Waals surface area contributed by atoms with Crippen molar-refractivity contribution in [1.82, 2.24) is 14.9 Å². The molecule has 3 aromatic rings. The SMILES string of the molecule is O=C(Nc1nnc(S(=O)(=O)NCCOc2ccccc2Cl)s1)c1ccccc1. The molecule has 0 saturated heterocycles. The van der Waals surface area contributed by atoms with Crippen LogP contribution >= 0.6 is 22.9 Å². The number of ether oxygens (including phenoxy) is 1. The average Bonchev–Trinajstić information content (AvgIpc) is 3.17. The van der Waals surface area contributed by atoms with E-state index in [2.05, 4.69) is 20.2 Å². The lowest BCUT2D eigenvalue weighted by Crippen LogP contribution is -2.28. The van der Waals surface area contributed by atoms with E-state index < -0.39 is 15.9 Å². The van der Waals surface area contributed by atoms with Crippen molar-refractivity contribution in [3.8, 4) is 5.75 Å². The van der Waals surface area contributed by atoms with Gasteiger partial charge in [-0.2, -0.15) is 0 Å². The van der Waals surface area contributed by atoms with Gasteiger partial charge in [-0.3, -0.25) is 10.1 Å². The maximum atomic E-state index is 12.3. The normalized spacial score (nSPS) is 11.2. The molecule has 8 nitrogen and oxygen atoms in total. The fourth-order valence-corrected chi connectivity index (χ4v) is 4.23. The smallest absolute Gasteiger partial charge is 0.269 e. The van der Waals surface area contributed by atoms with Crippen LogP contribution in [0.1, 0.15) is 10.4 Å². The molecule has 146 valence electrons. The average molecular weight is 439 g/mol. The lowest BCUT2D eigenvalue weighted by molar-refractivity contribution is 0.102. The summed E-state index contributed by atoms with van der Waals surface area (Å²) in [4.78, 5) is 12.1. The molecule has 28 heavy (non-hydrogen) atoms. The Hall–Kier alpha value is -2.53. The molecule has 0 unspecified atom stereocenters. The van der Waals surface area contributed by atoms with E-state index >= 15 is 0 Å². The zero-order chi connectivity index (χ0) is 20.0. The molecule has 0 aliphatic heterocycles. The van der Waals surface area contributed by atoms with Gasteiger partial charge >= 0.3 is 0 Å². The quantitative estimate of drug-likeness (QED) is 0.413. The van der Waals surface area contributed by atoms with E-state index in [1.54, 1.807) is 54.6 Å². The van der Waals surface area contributed by atoms with Crippen molar-refractivity contribution in [1.29, 1.82) is 0 Å². The third-order valence-electron chi connectivity index (χ3n) is 3.38. The Kier molecular flexibility index (Phi) is 6.57. The second-order valence-corrected chi connectivity index (χ2v) is 8.70. The number of aromatic nitrogens is 2. The minimum Gasteiger partial charge on any atom is -0.491 e. The van der Waals surface area contributed by atoms with Crippen LogP contribution < -0.4 is 14.8 Å². The highest BCUT2D eigenvalue weighted by atomic mass is 35.5. The third-order valence-corrected chi connectivity index (χ3v) is 6.36. The maximum absolute atomic E-state index is 12.3. The van der Waals surface area contributed by atoms with Crippen molar-refractivity contribution in [3.05, 3.63) is 65.2 Å². The molecular formula is C17H15ClN4O4S2. The van der Waals surface area contributed by atoms with E-state index in [1.807, 2.05) is 0 Å². The number of carbonyl (C=O) groups is 1. The summed E-state index contributed by atoms with van der Waals surface area (Å²) < 4.78 is 32.1. The number of amides is 1. The van der Waals surface area contributed by atoms with Gasteiger partial charge in [0.05, 0.1) is 5.02 Å². The van der Waals surface area contributed by atoms with Crippen LogP contribution in [0.15, 0.2) is 58.9 Å². The number of nitrogens with zero attached hydrogens (tertiary/aromatic N) is 2. The van der Waals surface area contributed by atoms with E-state index in [9.17, 15) is 13.2 Å². The monoisotopic (exact) mass is 438 g/mol. The lowest BCUT2D eigenvalue weighted by Gasteiger charge is -2.08. The third kappa shape index (κ3) is 5.26. The van der Waals surface area contributed by atoms with Gasteiger partial charge in [-0.05, 0) is 24.3 Å². The summed E-state index contributed by atoms with van der Waals surface area (Å²) in [5.74, 6) is 0.0620. The van der Waals surface area contributed by atoms with Crippen LogP contribution in [0.2, 0.25) is 5.02 Å². The molecule has 0 aliphatic rings. The topological polar surface area (TPSA) is 110 Å². The number of sulfonamides is 1. The minimum atomic E-state index is -3.87. The molecular weight excluding hydrogens is 424 g/mol. The maximum Gasteiger partial charge on any atom is 0.269 e. The molecule has 0 aliphatic carbocycles. The zero-order valence-corrected chi connectivity index (χ0v) is 16.7. The highest BCUT2D eigenvalue weighted by Crippen LogP contribution is 2.23. The van der Waals surface area contributed by atoms with Gasteiger partial charge in [0.25, 0.3) is 15.9 Å². The molecule has 11 heteroatoms. The van der Waals surface area contributed by atoms with E-state index in [0.29, 0.717) is 16.3 Å². The number of para-hydroxylation sites is 1. The standard InChI is InChI=1S/C17H15ClN4O4S2/c18-13-8-4-5-9-14(13)26-11-10-19-28(24,25)17-22-21-16(27-17)20-15(23)12-6-2-1-3-7-12/h1-9,19H,10-11H2,(H,20,21,23). The summed E-state index contributed by atoms with van der Waals surface area (Å²) in [6.45, 7) is 0.0954. The number of halogens is 1. The van der Waals surface area contributed by atoms with Gasteiger partial charge < -0.3 is 4.74 Å². The fourth-order valence-electron chi connectivity index (χ4n) is 2.09. The van der Waals surface area contributed by atoms with Crippen LogP contribution in [0.5, 0.6) is 5.75 Å². The number of nitrogens with one attached hydrogen (secondary N) is 2. The zero-order valence-electron chi connectivity index (χ0n) is 14.3. The van der Waals surface area contributed by atoms with Gasteiger partial charge in [0.1, 0.15) is 12.4 Å². The number of benzene rings is 2. The molecule has 2 N–H and O–H groups in total. The van der Waals surface area contributed by atoms with Gasteiger partial charge in [0, 0.05) is 12.1 Å². The largest absolute Gasteiger partial charge is 0.491 e. The summed E-state index contributed by atoms with van der Waals surface area (Å²) >= 11 is 6.72. The molecule has 0 atom stereocenters. The van der Waals surface area contributed by atoms with Crippen LogP contribution in [-0.2, 0) is 10.0 Å². The highest BCUT2D eigenvalue weighted by Gasteiger charge is 2.20. The summed E-state index contributed by atoms with van der Waals surface area (Å²) in [5.41, 5.74) is 0.428. The number of hydrogen-bond donors (Lipinski definition) is 2. The highest BCUT2D eigenvalue weighted by molar-refractivity contribution is 7.91. The Bertz CT molecular complexity index is 1060. The van der Waals surface area contributed by atoms with Crippen LogP contribution in [0.4, 0.5) is 5.13 Å². The first-order valence-corrected chi connectivity index (χ1v) is 10.7. The van der Waals surface area contributed by atoms with Gasteiger partial charge in [-0.25, -0.2) is 13.1 Å². The molecule has 0 saturated carbocycles. The molecule has 1 aromatic heterocycles. The van der Waals surface area contributed by atoms with Crippen LogP contribution in [0.25, 0.3) is 0 Å². The number of anilines is 1. The predicted molar refractivity (Wildman–Crippen MR) is 106 cm³/mol. The summed E-state index contributed by atoms with van der Waals surface area (Å²) in [7, 11) is -3.87. The Morgan fingerprint density at radius 1 is 1.07 bits per heavy atom. The van der Waals surface area contributed by atoms with Crippen molar-refractivity contribution in [2.75, 3.05) is 18.5 Å². The molecule has 2 aromatic carbocycles. The van der Waals surface area contributed by atoms with E-state index in [1.165, 1.54) is 0 Å². The van der Waals surface area contributed by atoms with Gasteiger partial charge in [0.15, 0.2) is 0 Å². The molecule has 0 fully saturated rings. The molecule has 0 radical (unpaired) electrons. The Morgan fingerprint density at radius 2 is 1.79 bits per heavy atom. The molecule has 3 rings (SSSR count). The van der Waals surface area contributed by atoms with Crippen LogP contribution in [-0.4, -0.2) is 37.7 Å². The first-order chi connectivity index (χ1) is 13.5. The van der Waals surface area contributed by atoms with Crippen molar-refractivity contribution < 1.29 is 17.9 Å². The number of rotatable bonds is 8. The van der Waals surface area contributed by atoms with E-state index in [-0.39, 0.29) is 22.6 Å². The Balaban J connectivity index is 1.54. The summed E-state index contributed by atoms with van der Waals surface area (Å²) in [6, 6.07) is 15.4. The Morgan fingerprint density at radius 3 is 2.54 bits per heavy atom. The van der Waals surface area contributed by atoms with Crippen molar-refractivity contribution in [2.45, 2.75) is 4.34 Å². The van der Waals surface area contributed by atoms with Gasteiger partial charge in [0.2, 0.25) is 9.47 Å². The van der Waals surface area contributed by atoms with E-state index in [0.717, 1.165) is 11.3 Å². The summed E-state index contributed by atoms with van der Waals surface area (Å²) in [5, 5.41) is 10.4. The van der Waals surface area contributed by atoms with E-state index in [4.69, 9.17) is 16.3 Å².